The number of hydrogen-bond donors (Lipinski definition) is 1. The van der Waals surface area contributed by atoms with Gasteiger partial charge in [0.05, 0.1) is 40.8 Å². The summed E-state index contributed by atoms with van der Waals surface area (Å²) >= 11 is 0. The Morgan fingerprint density at radius 1 is 1.13 bits per heavy atom. The van der Waals surface area contributed by atoms with Crippen LogP contribution in [0.4, 0.5) is 4.39 Å². The van der Waals surface area contributed by atoms with Crippen LogP contribution in [0.3, 0.4) is 0 Å². The predicted molar refractivity (Wildman–Crippen MR) is 149 cm³/mol. The largest absolute Gasteiger partial charge is 0.392 e. The van der Waals surface area contributed by atoms with Gasteiger partial charge in [0.25, 0.3) is 5.56 Å². The number of pyridine rings is 1. The number of hydrogen-bond acceptors (Lipinski definition) is 6. The third kappa shape index (κ3) is 4.58. The van der Waals surface area contributed by atoms with Crippen molar-refractivity contribution in [3.05, 3.63) is 93.4 Å². The summed E-state index contributed by atoms with van der Waals surface area (Å²) in [5, 5.41) is 25.6. The number of fused-ring (bicyclic) bond motifs is 2. The molecule has 8 nitrogen and oxygen atoms in total. The van der Waals surface area contributed by atoms with Crippen molar-refractivity contribution in [2.75, 3.05) is 14.1 Å². The molecule has 0 saturated heterocycles. The number of aliphatic hydroxyl groups is 1. The second-order valence-electron chi connectivity index (χ2n) is 10.9. The van der Waals surface area contributed by atoms with Crippen molar-refractivity contribution in [3.63, 3.8) is 0 Å². The number of rotatable bonds is 5. The Balaban J connectivity index is 1.74. The molecule has 0 bridgehead atoms. The van der Waals surface area contributed by atoms with Gasteiger partial charge in [0.15, 0.2) is 0 Å². The highest BCUT2D eigenvalue weighted by Crippen LogP contribution is 2.30. The van der Waals surface area contributed by atoms with E-state index in [4.69, 9.17) is 4.98 Å². The van der Waals surface area contributed by atoms with Crippen molar-refractivity contribution < 1.29 is 9.50 Å². The van der Waals surface area contributed by atoms with Gasteiger partial charge in [0, 0.05) is 29.1 Å². The molecule has 5 rings (SSSR count). The summed E-state index contributed by atoms with van der Waals surface area (Å²) in [7, 11) is 3.89. The van der Waals surface area contributed by atoms with Gasteiger partial charge in [-0.3, -0.25) is 9.36 Å². The summed E-state index contributed by atoms with van der Waals surface area (Å²) in [6.07, 6.45) is 3.14. The van der Waals surface area contributed by atoms with Gasteiger partial charge in [-0.15, -0.1) is 0 Å². The lowest BCUT2D eigenvalue weighted by Crippen LogP contribution is -2.24. The minimum Gasteiger partial charge on any atom is -0.392 e. The number of nitriles is 1. The Morgan fingerprint density at radius 3 is 2.54 bits per heavy atom. The Hall–Kier alpha value is -4.39. The van der Waals surface area contributed by atoms with E-state index in [1.165, 1.54) is 12.3 Å². The molecule has 9 heteroatoms. The summed E-state index contributed by atoms with van der Waals surface area (Å²) in [4.78, 5) is 20.3. The second kappa shape index (κ2) is 9.73. The SMILES string of the molecule is CN(C)Cc1ccc2c(C#N)cn(-c3cccc(-n4ncc5cc(C(C)(C)C)cc(F)c5c4=O)c3CO)c2n1. The Labute approximate surface area is 225 Å². The lowest BCUT2D eigenvalue weighted by atomic mass is 9.86. The molecule has 2 aromatic carbocycles. The summed E-state index contributed by atoms with van der Waals surface area (Å²) in [5.41, 5.74) is 2.87. The van der Waals surface area contributed by atoms with E-state index in [0.29, 0.717) is 45.5 Å². The highest BCUT2D eigenvalue weighted by atomic mass is 19.1. The molecule has 0 saturated carbocycles. The maximum Gasteiger partial charge on any atom is 0.282 e. The molecule has 0 unspecified atom stereocenters. The Bertz CT molecular complexity index is 1840. The normalized spacial score (nSPS) is 12.0. The lowest BCUT2D eigenvalue weighted by Gasteiger charge is -2.20. The van der Waals surface area contributed by atoms with Gasteiger partial charge in [0.2, 0.25) is 0 Å². The molecular weight excluding hydrogens is 495 g/mol. The molecule has 0 aliphatic rings. The van der Waals surface area contributed by atoms with Crippen molar-refractivity contribution in [2.45, 2.75) is 39.3 Å². The first-order chi connectivity index (χ1) is 18.5. The number of aromatic nitrogens is 4. The summed E-state index contributed by atoms with van der Waals surface area (Å²) < 4.78 is 18.1. The van der Waals surface area contributed by atoms with Gasteiger partial charge >= 0.3 is 0 Å². The molecule has 0 aliphatic heterocycles. The van der Waals surface area contributed by atoms with E-state index in [-0.39, 0.29) is 10.8 Å². The molecule has 0 amide bonds. The van der Waals surface area contributed by atoms with Gasteiger partial charge < -0.3 is 10.0 Å². The minimum absolute atomic E-state index is 0.0690. The van der Waals surface area contributed by atoms with Crippen molar-refractivity contribution in [2.24, 2.45) is 0 Å². The lowest BCUT2D eigenvalue weighted by molar-refractivity contribution is 0.281. The smallest absolute Gasteiger partial charge is 0.282 e. The summed E-state index contributed by atoms with van der Waals surface area (Å²) in [5.74, 6) is -0.618. The van der Waals surface area contributed by atoms with Crippen LogP contribution >= 0.6 is 0 Å². The molecule has 1 N–H and O–H groups in total. The molecule has 0 fully saturated rings. The average Bonchev–Trinajstić information content (AvgIpc) is 3.25. The van der Waals surface area contributed by atoms with E-state index in [2.05, 4.69) is 11.2 Å². The zero-order valence-corrected chi connectivity index (χ0v) is 22.5. The highest BCUT2D eigenvalue weighted by Gasteiger charge is 2.21. The van der Waals surface area contributed by atoms with Gasteiger partial charge in [-0.2, -0.15) is 15.0 Å². The standard InChI is InChI=1S/C30H29FN6O2/c1-30(2,3)20-11-18-14-33-37(29(39)27(18)24(31)12-20)26-8-6-7-25(23(26)17-38)36-15-19(13-32)22-10-9-21(16-35(4)5)34-28(22)36/h6-12,14-15,38H,16-17H2,1-5H3. The number of halogens is 1. The maximum atomic E-state index is 15.3. The van der Waals surface area contributed by atoms with E-state index in [1.807, 2.05) is 51.9 Å². The fourth-order valence-electron chi connectivity index (χ4n) is 4.81. The van der Waals surface area contributed by atoms with Crippen molar-refractivity contribution in [1.29, 1.82) is 5.26 Å². The molecular formula is C30H29FN6O2. The van der Waals surface area contributed by atoms with Gasteiger partial charge in [-0.25, -0.2) is 9.37 Å². The first kappa shape index (κ1) is 26.2. The third-order valence-corrected chi connectivity index (χ3v) is 6.79. The zero-order chi connectivity index (χ0) is 28.1. The molecule has 5 aromatic rings. The van der Waals surface area contributed by atoms with E-state index in [9.17, 15) is 15.2 Å². The van der Waals surface area contributed by atoms with Crippen LogP contribution < -0.4 is 5.56 Å². The summed E-state index contributed by atoms with van der Waals surface area (Å²) in [6, 6.07) is 14.3. The summed E-state index contributed by atoms with van der Waals surface area (Å²) in [6.45, 7) is 6.10. The molecule has 0 aliphatic carbocycles. The highest BCUT2D eigenvalue weighted by molar-refractivity contribution is 5.86. The zero-order valence-electron chi connectivity index (χ0n) is 22.5. The van der Waals surface area contributed by atoms with Crippen molar-refractivity contribution in [3.8, 4) is 17.4 Å². The number of benzene rings is 2. The molecule has 198 valence electrons. The first-order valence-electron chi connectivity index (χ1n) is 12.5. The molecule has 0 atom stereocenters. The van der Waals surface area contributed by atoms with Crippen LogP contribution in [0, 0.1) is 17.1 Å². The maximum absolute atomic E-state index is 15.3. The van der Waals surface area contributed by atoms with E-state index in [0.717, 1.165) is 15.9 Å². The van der Waals surface area contributed by atoms with Crippen LogP contribution in [0.15, 0.2) is 59.7 Å². The molecule has 0 radical (unpaired) electrons. The van der Waals surface area contributed by atoms with Crippen LogP contribution in [0.2, 0.25) is 0 Å². The molecule has 39 heavy (non-hydrogen) atoms. The number of aliphatic hydroxyl groups excluding tert-OH is 1. The van der Waals surface area contributed by atoms with E-state index >= 15 is 4.39 Å². The van der Waals surface area contributed by atoms with Crippen molar-refractivity contribution >= 4 is 21.8 Å². The minimum atomic E-state index is -0.626. The molecule has 3 heterocycles. The first-order valence-corrected chi connectivity index (χ1v) is 12.5. The Morgan fingerprint density at radius 2 is 1.87 bits per heavy atom. The van der Waals surface area contributed by atoms with Crippen LogP contribution in [0.5, 0.6) is 0 Å². The monoisotopic (exact) mass is 524 g/mol. The van der Waals surface area contributed by atoms with Crippen LogP contribution in [-0.4, -0.2) is 43.4 Å². The van der Waals surface area contributed by atoms with Gasteiger partial charge in [0.1, 0.15) is 17.5 Å². The average molecular weight is 525 g/mol. The van der Waals surface area contributed by atoms with Crippen LogP contribution in [0.25, 0.3) is 33.2 Å². The van der Waals surface area contributed by atoms with E-state index < -0.39 is 18.0 Å². The Kier molecular flexibility index (Phi) is 6.54. The predicted octanol–water partition coefficient (Wildman–Crippen LogP) is 4.59. The third-order valence-electron chi connectivity index (χ3n) is 6.79. The van der Waals surface area contributed by atoms with E-state index in [1.54, 1.807) is 35.0 Å². The van der Waals surface area contributed by atoms with Gasteiger partial charge in [-0.1, -0.05) is 26.8 Å². The number of nitrogens with zero attached hydrogens (tertiary/aromatic N) is 6. The fraction of sp³-hybridized carbons (Fsp3) is 0.267. The molecule has 0 spiro atoms. The van der Waals surface area contributed by atoms with Crippen LogP contribution in [0.1, 0.15) is 43.2 Å². The quantitative estimate of drug-likeness (QED) is 0.361. The second-order valence-corrected chi connectivity index (χ2v) is 10.9. The van der Waals surface area contributed by atoms with Gasteiger partial charge in [-0.05, 0) is 61.5 Å². The molecule has 3 aromatic heterocycles. The fourth-order valence-corrected chi connectivity index (χ4v) is 4.81. The topological polar surface area (TPSA) is 100.0 Å². The van der Waals surface area contributed by atoms with Crippen molar-refractivity contribution in [1.82, 2.24) is 24.2 Å². The van der Waals surface area contributed by atoms with Crippen LogP contribution in [-0.2, 0) is 18.6 Å².